The van der Waals surface area contributed by atoms with Crippen LogP contribution in [-0.2, 0) is 9.53 Å². The highest BCUT2D eigenvalue weighted by molar-refractivity contribution is 5.85. The van der Waals surface area contributed by atoms with Crippen LogP contribution in [0.1, 0.15) is 62.1 Å². The highest BCUT2D eigenvalue weighted by atomic mass is 35.5. The van der Waals surface area contributed by atoms with Crippen molar-refractivity contribution < 1.29 is 9.53 Å². The zero-order valence-corrected chi connectivity index (χ0v) is 21.2. The molecule has 9 heteroatoms. The van der Waals surface area contributed by atoms with Crippen molar-refractivity contribution in [1.82, 2.24) is 19.5 Å². The average molecular weight is 515 g/mol. The molecule has 0 aliphatic heterocycles. The first kappa shape index (κ1) is 24.7. The summed E-state index contributed by atoms with van der Waals surface area (Å²) < 4.78 is 7.77. The number of aromatic nitrogens is 4. The van der Waals surface area contributed by atoms with E-state index in [0.717, 1.165) is 41.6 Å². The Morgan fingerprint density at radius 3 is 2.73 bits per heavy atom. The molecular weight excluding hydrogens is 488 g/mol. The van der Waals surface area contributed by atoms with Crippen molar-refractivity contribution in [2.75, 3.05) is 5.32 Å². The summed E-state index contributed by atoms with van der Waals surface area (Å²) in [6.07, 6.45) is 8.53. The Hall–Kier alpha value is -3.96. The van der Waals surface area contributed by atoms with E-state index in [-0.39, 0.29) is 30.5 Å². The van der Waals surface area contributed by atoms with Gasteiger partial charge in [0.05, 0.1) is 40.7 Å². The summed E-state index contributed by atoms with van der Waals surface area (Å²) >= 11 is 0. The molecule has 2 aliphatic carbocycles. The predicted molar refractivity (Wildman–Crippen MR) is 143 cm³/mol. The number of pyridine rings is 2. The Balaban J connectivity index is 0.00000280. The third kappa shape index (κ3) is 5.13. The Labute approximate surface area is 221 Å². The summed E-state index contributed by atoms with van der Waals surface area (Å²) in [6.45, 7) is 1.47. The van der Waals surface area contributed by atoms with Gasteiger partial charge in [0.15, 0.2) is 0 Å². The molecule has 6 rings (SSSR count). The minimum Gasteiger partial charge on any atom is -0.460 e. The average Bonchev–Trinajstić information content (AvgIpc) is 3.51. The monoisotopic (exact) mass is 514 g/mol. The second-order valence-corrected chi connectivity index (χ2v) is 9.61. The molecule has 2 saturated carbocycles. The highest BCUT2D eigenvalue weighted by Crippen LogP contribution is 2.42. The first-order valence-corrected chi connectivity index (χ1v) is 12.4. The lowest BCUT2D eigenvalue weighted by Gasteiger charge is -2.21. The van der Waals surface area contributed by atoms with E-state index >= 15 is 0 Å². The predicted octanol–water partition coefficient (Wildman–Crippen LogP) is 6.06. The van der Waals surface area contributed by atoms with Crippen LogP contribution in [0.25, 0.3) is 22.3 Å². The molecule has 2 fully saturated rings. The summed E-state index contributed by atoms with van der Waals surface area (Å²) in [5, 5.41) is 12.5. The van der Waals surface area contributed by atoms with Gasteiger partial charge in [-0.05, 0) is 80.0 Å². The molecular formula is C28H27ClN6O2. The molecule has 3 aromatic heterocycles. The fourth-order valence-electron chi connectivity index (χ4n) is 5.14. The largest absolute Gasteiger partial charge is 0.460 e. The minimum absolute atomic E-state index is 0. The Morgan fingerprint density at radius 2 is 1.95 bits per heavy atom. The molecule has 1 N–H and O–H groups in total. The molecule has 188 valence electrons. The number of nitrogens with zero attached hydrogens (tertiary/aromatic N) is 5. The molecule has 1 aromatic carbocycles. The van der Waals surface area contributed by atoms with E-state index in [4.69, 9.17) is 9.72 Å². The molecule has 8 nitrogen and oxygen atoms in total. The molecule has 4 aromatic rings. The van der Waals surface area contributed by atoms with Crippen LogP contribution in [0.4, 0.5) is 11.6 Å². The van der Waals surface area contributed by atoms with Gasteiger partial charge in [-0.25, -0.2) is 15.0 Å². The summed E-state index contributed by atoms with van der Waals surface area (Å²) in [7, 11) is 0. The molecule has 0 amide bonds. The van der Waals surface area contributed by atoms with Crippen molar-refractivity contribution in [2.24, 2.45) is 0 Å². The van der Waals surface area contributed by atoms with Crippen molar-refractivity contribution >= 4 is 41.0 Å². The van der Waals surface area contributed by atoms with Gasteiger partial charge >= 0.3 is 5.97 Å². The van der Waals surface area contributed by atoms with Gasteiger partial charge in [0.1, 0.15) is 17.7 Å². The molecule has 0 saturated heterocycles. The minimum atomic E-state index is -0.243. The van der Waals surface area contributed by atoms with Crippen LogP contribution in [0.2, 0.25) is 0 Å². The number of anilines is 2. The quantitative estimate of drug-likeness (QED) is 0.311. The molecule has 2 unspecified atom stereocenters. The molecule has 0 bridgehead atoms. The first-order chi connectivity index (χ1) is 17.6. The van der Waals surface area contributed by atoms with Crippen molar-refractivity contribution in [3.8, 4) is 17.3 Å². The molecule has 2 aliphatic rings. The van der Waals surface area contributed by atoms with E-state index in [9.17, 15) is 10.1 Å². The van der Waals surface area contributed by atoms with E-state index in [2.05, 4.69) is 50.2 Å². The smallest absolute Gasteiger partial charge is 0.302 e. The maximum absolute atomic E-state index is 11.6. The van der Waals surface area contributed by atoms with Gasteiger partial charge < -0.3 is 14.6 Å². The third-order valence-corrected chi connectivity index (χ3v) is 7.00. The van der Waals surface area contributed by atoms with Crippen LogP contribution in [0.15, 0.2) is 55.0 Å². The maximum Gasteiger partial charge on any atom is 0.302 e. The van der Waals surface area contributed by atoms with Crippen molar-refractivity contribution in [3.63, 3.8) is 0 Å². The number of carbonyl (C=O) groups is 1. The van der Waals surface area contributed by atoms with Crippen LogP contribution < -0.4 is 5.32 Å². The van der Waals surface area contributed by atoms with Gasteiger partial charge in [0, 0.05) is 18.7 Å². The lowest BCUT2D eigenvalue weighted by Crippen LogP contribution is -2.23. The Kier molecular flexibility index (Phi) is 6.81. The van der Waals surface area contributed by atoms with E-state index in [1.54, 1.807) is 18.3 Å². The van der Waals surface area contributed by atoms with Gasteiger partial charge in [-0.15, -0.1) is 12.4 Å². The van der Waals surface area contributed by atoms with Crippen LogP contribution >= 0.6 is 12.4 Å². The van der Waals surface area contributed by atoms with Crippen LogP contribution in [0.3, 0.4) is 0 Å². The van der Waals surface area contributed by atoms with Gasteiger partial charge in [-0.2, -0.15) is 5.26 Å². The Morgan fingerprint density at radius 1 is 1.08 bits per heavy atom. The van der Waals surface area contributed by atoms with Crippen molar-refractivity contribution in [2.45, 2.75) is 57.1 Å². The fraction of sp³-hybridized carbons (Fsp3) is 0.321. The molecule has 0 spiro atoms. The molecule has 0 radical (unpaired) electrons. The van der Waals surface area contributed by atoms with Crippen molar-refractivity contribution in [1.29, 1.82) is 5.26 Å². The number of esters is 1. The number of halogens is 1. The van der Waals surface area contributed by atoms with Crippen LogP contribution in [-0.4, -0.2) is 31.6 Å². The number of rotatable bonds is 6. The fourth-order valence-corrected chi connectivity index (χ4v) is 5.14. The second kappa shape index (κ2) is 10.2. The molecule has 37 heavy (non-hydrogen) atoms. The second-order valence-electron chi connectivity index (χ2n) is 9.61. The lowest BCUT2D eigenvalue weighted by molar-refractivity contribution is -0.147. The van der Waals surface area contributed by atoms with Crippen LogP contribution in [0, 0.1) is 11.3 Å². The number of nitriles is 1. The summed E-state index contributed by atoms with van der Waals surface area (Å²) in [6, 6.07) is 16.1. The van der Waals surface area contributed by atoms with Gasteiger partial charge in [-0.1, -0.05) is 6.07 Å². The maximum atomic E-state index is 11.6. The highest BCUT2D eigenvalue weighted by Gasteiger charge is 2.32. The summed E-state index contributed by atoms with van der Waals surface area (Å²) in [5.74, 6) is 1.60. The summed E-state index contributed by atoms with van der Waals surface area (Å²) in [5.41, 5.74) is 5.57. The van der Waals surface area contributed by atoms with Crippen LogP contribution in [0.5, 0.6) is 0 Å². The zero-order valence-electron chi connectivity index (χ0n) is 20.4. The SMILES string of the molecule is CC(=O)OC1CCCC1n1cnc2ccc(-c3cc(C4CC4)cc(Nc4cc(C#N)ccn4)n3)cc21.Cl. The van der Waals surface area contributed by atoms with Crippen molar-refractivity contribution in [3.05, 3.63) is 66.1 Å². The lowest BCUT2D eigenvalue weighted by atomic mass is 10.1. The zero-order chi connectivity index (χ0) is 24.6. The van der Waals surface area contributed by atoms with Gasteiger partial charge in [0.2, 0.25) is 0 Å². The standard InChI is InChI=1S/C28H26N6O2.ClH/c1-17(35)36-26-4-2-3-24(26)34-16-31-22-8-7-20(13-25(22)34)23-12-21(19-5-6-19)14-28(32-23)33-27-11-18(15-29)9-10-30-27;/h7-14,16,19,24,26H,2-6H2,1H3,(H,30,32,33);1H. The topological polar surface area (TPSA) is 106 Å². The normalized spacial score (nSPS) is 18.7. The van der Waals surface area contributed by atoms with Gasteiger partial charge in [-0.3, -0.25) is 4.79 Å². The first-order valence-electron chi connectivity index (χ1n) is 12.4. The summed E-state index contributed by atoms with van der Waals surface area (Å²) in [4.78, 5) is 25.5. The number of imidazole rings is 1. The molecule has 2 atom stereocenters. The van der Waals surface area contributed by atoms with E-state index in [1.807, 2.05) is 12.4 Å². The molecule has 3 heterocycles. The van der Waals surface area contributed by atoms with E-state index in [0.29, 0.717) is 23.1 Å². The number of nitrogens with one attached hydrogen (secondary N) is 1. The number of ether oxygens (including phenoxy) is 1. The third-order valence-electron chi connectivity index (χ3n) is 7.00. The number of carbonyl (C=O) groups excluding carboxylic acids is 1. The Bertz CT molecular complexity index is 1510. The van der Waals surface area contributed by atoms with E-state index in [1.165, 1.54) is 25.3 Å². The van der Waals surface area contributed by atoms with E-state index < -0.39 is 0 Å². The number of hydrogen-bond donors (Lipinski definition) is 1. The number of benzene rings is 1. The number of fused-ring (bicyclic) bond motifs is 1. The van der Waals surface area contributed by atoms with Gasteiger partial charge in [0.25, 0.3) is 0 Å². The number of hydrogen-bond acceptors (Lipinski definition) is 7.